The number of aromatic nitrogens is 2. The maximum Gasteiger partial charge on any atom is 0.317 e. The van der Waals surface area contributed by atoms with Crippen molar-refractivity contribution in [2.45, 2.75) is 12.6 Å². The van der Waals surface area contributed by atoms with Gasteiger partial charge in [-0.15, -0.1) is 0 Å². The zero-order valence-electron chi connectivity index (χ0n) is 12.0. The number of carbonyl (C=O) groups is 1. The SMILES string of the molecule is O=C(NCc1ccn[nH]1)N1CCO[C@@H](c2ccc(F)cc2)C1. The third-order valence-electron chi connectivity index (χ3n) is 3.58. The minimum absolute atomic E-state index is 0.148. The molecule has 6 nitrogen and oxygen atoms in total. The number of nitrogens with zero attached hydrogens (tertiary/aromatic N) is 2. The first-order valence-corrected chi connectivity index (χ1v) is 7.10. The molecule has 3 rings (SSSR count). The molecule has 7 heteroatoms. The Morgan fingerprint density at radius 1 is 1.41 bits per heavy atom. The van der Waals surface area contributed by atoms with Crippen molar-refractivity contribution >= 4 is 6.03 Å². The summed E-state index contributed by atoms with van der Waals surface area (Å²) in [5, 5.41) is 9.46. The average molecular weight is 304 g/mol. The van der Waals surface area contributed by atoms with E-state index in [0.29, 0.717) is 26.2 Å². The van der Waals surface area contributed by atoms with Gasteiger partial charge in [-0.25, -0.2) is 9.18 Å². The Hall–Kier alpha value is -2.41. The van der Waals surface area contributed by atoms with Gasteiger partial charge in [0.05, 0.1) is 25.4 Å². The van der Waals surface area contributed by atoms with Gasteiger partial charge < -0.3 is 15.0 Å². The molecule has 2 amide bonds. The monoisotopic (exact) mass is 304 g/mol. The Labute approximate surface area is 127 Å². The molecule has 1 aliphatic heterocycles. The van der Waals surface area contributed by atoms with E-state index in [-0.39, 0.29) is 18.0 Å². The number of nitrogens with one attached hydrogen (secondary N) is 2. The van der Waals surface area contributed by atoms with E-state index in [0.717, 1.165) is 11.3 Å². The molecule has 0 bridgehead atoms. The molecule has 0 radical (unpaired) electrons. The standard InChI is InChI=1S/C15H17FN4O2/c16-12-3-1-11(2-4-12)14-10-20(7-8-22-14)15(21)17-9-13-5-6-18-19-13/h1-6,14H,7-10H2,(H,17,21)(H,18,19)/t14-/m1/s1. The summed E-state index contributed by atoms with van der Waals surface area (Å²) in [6.07, 6.45) is 1.41. The van der Waals surface area contributed by atoms with E-state index in [4.69, 9.17) is 4.74 Å². The van der Waals surface area contributed by atoms with Gasteiger partial charge >= 0.3 is 6.03 Å². The van der Waals surface area contributed by atoms with Crippen LogP contribution in [0.4, 0.5) is 9.18 Å². The van der Waals surface area contributed by atoms with Crippen molar-refractivity contribution in [1.82, 2.24) is 20.4 Å². The Bertz CT molecular complexity index is 615. The molecule has 0 unspecified atom stereocenters. The number of aromatic amines is 1. The molecule has 1 aliphatic rings. The second-order valence-corrected chi connectivity index (χ2v) is 5.10. The van der Waals surface area contributed by atoms with Crippen molar-refractivity contribution in [1.29, 1.82) is 0 Å². The van der Waals surface area contributed by atoms with E-state index in [1.807, 2.05) is 0 Å². The number of benzene rings is 1. The van der Waals surface area contributed by atoms with Gasteiger partial charge in [0.25, 0.3) is 0 Å². The normalized spacial score (nSPS) is 18.2. The van der Waals surface area contributed by atoms with Crippen molar-refractivity contribution < 1.29 is 13.9 Å². The Balaban J connectivity index is 1.57. The smallest absolute Gasteiger partial charge is 0.317 e. The lowest BCUT2D eigenvalue weighted by molar-refractivity contribution is -0.0155. The lowest BCUT2D eigenvalue weighted by Crippen LogP contribution is -2.47. The van der Waals surface area contributed by atoms with Gasteiger partial charge in [0.15, 0.2) is 0 Å². The summed E-state index contributed by atoms with van der Waals surface area (Å²) in [6, 6.07) is 7.83. The molecule has 1 fully saturated rings. The van der Waals surface area contributed by atoms with Crippen LogP contribution >= 0.6 is 0 Å². The van der Waals surface area contributed by atoms with Gasteiger partial charge in [-0.2, -0.15) is 5.10 Å². The van der Waals surface area contributed by atoms with Crippen molar-refractivity contribution in [2.24, 2.45) is 0 Å². The number of amides is 2. The third kappa shape index (κ3) is 3.43. The number of ether oxygens (including phenoxy) is 1. The summed E-state index contributed by atoms with van der Waals surface area (Å²) in [4.78, 5) is 13.9. The van der Waals surface area contributed by atoms with E-state index in [2.05, 4.69) is 15.5 Å². The molecule has 2 heterocycles. The first kappa shape index (κ1) is 14.5. The molecule has 0 saturated carbocycles. The van der Waals surface area contributed by atoms with Crippen LogP contribution in [0.5, 0.6) is 0 Å². The van der Waals surface area contributed by atoms with E-state index in [9.17, 15) is 9.18 Å². The highest BCUT2D eigenvalue weighted by molar-refractivity contribution is 5.74. The molecule has 0 spiro atoms. The summed E-state index contributed by atoms with van der Waals surface area (Å²) in [5.74, 6) is -0.284. The van der Waals surface area contributed by atoms with Crippen LogP contribution < -0.4 is 5.32 Å². The molecule has 22 heavy (non-hydrogen) atoms. The Morgan fingerprint density at radius 3 is 2.95 bits per heavy atom. The first-order chi connectivity index (χ1) is 10.7. The molecule has 2 N–H and O–H groups in total. The molecular formula is C15H17FN4O2. The van der Waals surface area contributed by atoms with E-state index < -0.39 is 0 Å². The number of rotatable bonds is 3. The number of H-pyrrole nitrogens is 1. The minimum Gasteiger partial charge on any atom is -0.370 e. The molecule has 2 aromatic rings. The molecule has 1 aromatic heterocycles. The maximum absolute atomic E-state index is 13.0. The van der Waals surface area contributed by atoms with Crippen LogP contribution in [0.1, 0.15) is 17.4 Å². The van der Waals surface area contributed by atoms with Crippen LogP contribution in [0.15, 0.2) is 36.5 Å². The fourth-order valence-corrected chi connectivity index (χ4v) is 2.38. The number of hydrogen-bond acceptors (Lipinski definition) is 3. The van der Waals surface area contributed by atoms with Gasteiger partial charge in [0.1, 0.15) is 11.9 Å². The fourth-order valence-electron chi connectivity index (χ4n) is 2.38. The van der Waals surface area contributed by atoms with Gasteiger partial charge in [0, 0.05) is 12.7 Å². The summed E-state index contributed by atoms with van der Waals surface area (Å²) in [7, 11) is 0. The summed E-state index contributed by atoms with van der Waals surface area (Å²) in [5.41, 5.74) is 1.71. The van der Waals surface area contributed by atoms with Crippen LogP contribution in [-0.4, -0.2) is 40.8 Å². The number of urea groups is 1. The van der Waals surface area contributed by atoms with E-state index >= 15 is 0 Å². The van der Waals surface area contributed by atoms with Gasteiger partial charge in [0.2, 0.25) is 0 Å². The second-order valence-electron chi connectivity index (χ2n) is 5.10. The molecular weight excluding hydrogens is 287 g/mol. The highest BCUT2D eigenvalue weighted by Crippen LogP contribution is 2.22. The third-order valence-corrected chi connectivity index (χ3v) is 3.58. The summed E-state index contributed by atoms with van der Waals surface area (Å²) in [6.45, 7) is 1.84. The predicted molar refractivity (Wildman–Crippen MR) is 77.5 cm³/mol. The average Bonchev–Trinajstić information content (AvgIpc) is 3.07. The summed E-state index contributed by atoms with van der Waals surface area (Å²) >= 11 is 0. The van der Waals surface area contributed by atoms with Gasteiger partial charge in [-0.1, -0.05) is 12.1 Å². The van der Waals surface area contributed by atoms with Crippen molar-refractivity contribution in [3.63, 3.8) is 0 Å². The second kappa shape index (κ2) is 6.57. The van der Waals surface area contributed by atoms with E-state index in [1.54, 1.807) is 29.3 Å². The highest BCUT2D eigenvalue weighted by atomic mass is 19.1. The molecule has 1 aromatic carbocycles. The Kier molecular flexibility index (Phi) is 4.34. The highest BCUT2D eigenvalue weighted by Gasteiger charge is 2.25. The van der Waals surface area contributed by atoms with Crippen LogP contribution in [0.2, 0.25) is 0 Å². The number of carbonyl (C=O) groups excluding carboxylic acids is 1. The lowest BCUT2D eigenvalue weighted by atomic mass is 10.1. The van der Waals surface area contributed by atoms with Gasteiger partial charge in [-0.3, -0.25) is 5.10 Å². The van der Waals surface area contributed by atoms with Crippen LogP contribution in [-0.2, 0) is 11.3 Å². The van der Waals surface area contributed by atoms with Crippen molar-refractivity contribution in [3.05, 3.63) is 53.6 Å². The summed E-state index contributed by atoms with van der Waals surface area (Å²) < 4.78 is 18.6. The number of halogens is 1. The van der Waals surface area contributed by atoms with Crippen molar-refractivity contribution in [2.75, 3.05) is 19.7 Å². The maximum atomic E-state index is 13.0. The van der Waals surface area contributed by atoms with Gasteiger partial charge in [-0.05, 0) is 23.8 Å². The minimum atomic E-state index is -0.284. The number of hydrogen-bond donors (Lipinski definition) is 2. The van der Waals surface area contributed by atoms with Crippen LogP contribution in [0.3, 0.4) is 0 Å². The zero-order valence-corrected chi connectivity index (χ0v) is 12.0. The largest absolute Gasteiger partial charge is 0.370 e. The zero-order chi connectivity index (χ0) is 15.4. The van der Waals surface area contributed by atoms with Crippen LogP contribution in [0, 0.1) is 5.82 Å². The van der Waals surface area contributed by atoms with Crippen molar-refractivity contribution in [3.8, 4) is 0 Å². The molecule has 1 atom stereocenters. The Morgan fingerprint density at radius 2 is 2.23 bits per heavy atom. The van der Waals surface area contributed by atoms with Crippen LogP contribution in [0.25, 0.3) is 0 Å². The number of morpholine rings is 1. The first-order valence-electron chi connectivity index (χ1n) is 7.10. The lowest BCUT2D eigenvalue weighted by Gasteiger charge is -2.33. The fraction of sp³-hybridized carbons (Fsp3) is 0.333. The quantitative estimate of drug-likeness (QED) is 0.909. The predicted octanol–water partition coefficient (Wildman–Crippen LogP) is 1.83. The molecule has 0 aliphatic carbocycles. The molecule has 116 valence electrons. The molecule has 1 saturated heterocycles. The van der Waals surface area contributed by atoms with E-state index in [1.165, 1.54) is 12.1 Å². The topological polar surface area (TPSA) is 70.2 Å².